The molecule has 0 aromatic carbocycles. The maximum Gasteiger partial charge on any atom is 0.287 e. The maximum absolute atomic E-state index is 12.2. The standard InChI is InChI=1S/C20H29N3O4/c24-19-14-27-17(10-21-20(25)18-2-1-9-26-18)13-23(19)12-16-5-7-22(8-6-16)11-15-3-4-15/h1-2,9,15-17H,3-8,10-14H2,(H,21,25)/t17-/m0/s1. The molecule has 1 saturated carbocycles. The van der Waals surface area contributed by atoms with Gasteiger partial charge in [-0.3, -0.25) is 9.59 Å². The van der Waals surface area contributed by atoms with E-state index in [1.807, 2.05) is 4.90 Å². The Hall–Kier alpha value is -1.86. The molecule has 3 heterocycles. The summed E-state index contributed by atoms with van der Waals surface area (Å²) in [4.78, 5) is 28.7. The van der Waals surface area contributed by atoms with Gasteiger partial charge >= 0.3 is 0 Å². The lowest BCUT2D eigenvalue weighted by Crippen LogP contribution is -2.52. The third kappa shape index (κ3) is 5.11. The maximum atomic E-state index is 12.2. The molecule has 4 rings (SSSR count). The van der Waals surface area contributed by atoms with Crippen molar-refractivity contribution in [2.24, 2.45) is 11.8 Å². The smallest absolute Gasteiger partial charge is 0.287 e. The highest BCUT2D eigenvalue weighted by Gasteiger charge is 2.31. The summed E-state index contributed by atoms with van der Waals surface area (Å²) in [5.41, 5.74) is 0. The number of nitrogens with one attached hydrogen (secondary N) is 1. The highest BCUT2D eigenvalue weighted by Crippen LogP contribution is 2.31. The highest BCUT2D eigenvalue weighted by molar-refractivity contribution is 5.91. The van der Waals surface area contributed by atoms with E-state index < -0.39 is 0 Å². The van der Waals surface area contributed by atoms with Crippen molar-refractivity contribution in [2.75, 3.05) is 45.9 Å². The Morgan fingerprint density at radius 2 is 1.93 bits per heavy atom. The highest BCUT2D eigenvalue weighted by atomic mass is 16.5. The molecule has 2 aliphatic heterocycles. The van der Waals surface area contributed by atoms with Crippen LogP contribution in [0.2, 0.25) is 0 Å². The van der Waals surface area contributed by atoms with Gasteiger partial charge in [-0.2, -0.15) is 0 Å². The van der Waals surface area contributed by atoms with E-state index in [0.29, 0.717) is 19.0 Å². The van der Waals surface area contributed by atoms with E-state index in [1.54, 1.807) is 12.1 Å². The van der Waals surface area contributed by atoms with Crippen molar-refractivity contribution in [3.05, 3.63) is 24.2 Å². The van der Waals surface area contributed by atoms with Crippen LogP contribution in [0.25, 0.3) is 0 Å². The minimum Gasteiger partial charge on any atom is -0.459 e. The van der Waals surface area contributed by atoms with Gasteiger partial charge in [-0.25, -0.2) is 0 Å². The first-order chi connectivity index (χ1) is 13.2. The fraction of sp³-hybridized carbons (Fsp3) is 0.700. The molecule has 0 radical (unpaired) electrons. The molecule has 1 aromatic rings. The Morgan fingerprint density at radius 1 is 1.15 bits per heavy atom. The average Bonchev–Trinajstić information content (AvgIpc) is 3.31. The van der Waals surface area contributed by atoms with Gasteiger partial charge in [0.05, 0.1) is 12.4 Å². The predicted molar refractivity (Wildman–Crippen MR) is 99.2 cm³/mol. The number of carbonyl (C=O) groups excluding carboxylic acids is 2. The molecule has 1 aliphatic carbocycles. The van der Waals surface area contributed by atoms with Crippen molar-refractivity contribution in [3.63, 3.8) is 0 Å². The van der Waals surface area contributed by atoms with Crippen molar-refractivity contribution in [1.29, 1.82) is 0 Å². The zero-order valence-corrected chi connectivity index (χ0v) is 15.8. The number of rotatable bonds is 7. The third-order valence-corrected chi connectivity index (χ3v) is 5.85. The Morgan fingerprint density at radius 3 is 2.63 bits per heavy atom. The lowest BCUT2D eigenvalue weighted by molar-refractivity contribution is -0.149. The minimum absolute atomic E-state index is 0.0593. The van der Waals surface area contributed by atoms with Crippen molar-refractivity contribution in [3.8, 4) is 0 Å². The molecular weight excluding hydrogens is 346 g/mol. The van der Waals surface area contributed by atoms with Crippen LogP contribution in [-0.2, 0) is 9.53 Å². The van der Waals surface area contributed by atoms with Crippen LogP contribution >= 0.6 is 0 Å². The zero-order chi connectivity index (χ0) is 18.6. The molecule has 0 spiro atoms. The summed E-state index contributed by atoms with van der Waals surface area (Å²) in [6.07, 6.45) is 6.44. The number of hydrogen-bond donors (Lipinski definition) is 1. The van der Waals surface area contributed by atoms with Crippen LogP contribution in [0.4, 0.5) is 0 Å². The summed E-state index contributed by atoms with van der Waals surface area (Å²) in [6.45, 7) is 5.40. The number of likely N-dealkylation sites (tertiary alicyclic amines) is 1. The number of ether oxygens (including phenoxy) is 1. The third-order valence-electron chi connectivity index (χ3n) is 5.85. The summed E-state index contributed by atoms with van der Waals surface area (Å²) in [7, 11) is 0. The van der Waals surface area contributed by atoms with Crippen LogP contribution in [0.5, 0.6) is 0 Å². The molecular formula is C20H29N3O4. The molecule has 0 unspecified atom stereocenters. The van der Waals surface area contributed by atoms with Crippen molar-refractivity contribution < 1.29 is 18.7 Å². The van der Waals surface area contributed by atoms with E-state index >= 15 is 0 Å². The molecule has 3 fully saturated rings. The molecule has 7 nitrogen and oxygen atoms in total. The molecule has 0 bridgehead atoms. The van der Waals surface area contributed by atoms with Crippen LogP contribution in [0.1, 0.15) is 36.2 Å². The van der Waals surface area contributed by atoms with E-state index in [2.05, 4.69) is 10.2 Å². The van der Waals surface area contributed by atoms with Crippen LogP contribution < -0.4 is 5.32 Å². The van der Waals surface area contributed by atoms with Crippen molar-refractivity contribution in [1.82, 2.24) is 15.1 Å². The Kier molecular flexibility index (Phi) is 5.78. The summed E-state index contributed by atoms with van der Waals surface area (Å²) in [5.74, 6) is 1.61. The number of nitrogens with zero attached hydrogens (tertiary/aromatic N) is 2. The van der Waals surface area contributed by atoms with E-state index in [4.69, 9.17) is 9.15 Å². The fourth-order valence-corrected chi connectivity index (χ4v) is 4.01. The first-order valence-corrected chi connectivity index (χ1v) is 10.1. The van der Waals surface area contributed by atoms with E-state index in [-0.39, 0.29) is 30.3 Å². The molecule has 2 saturated heterocycles. The zero-order valence-electron chi connectivity index (χ0n) is 15.8. The minimum atomic E-state index is -0.255. The largest absolute Gasteiger partial charge is 0.459 e. The van der Waals surface area contributed by atoms with Crippen molar-refractivity contribution in [2.45, 2.75) is 31.8 Å². The van der Waals surface area contributed by atoms with E-state index in [1.165, 1.54) is 25.6 Å². The molecule has 27 heavy (non-hydrogen) atoms. The fourth-order valence-electron chi connectivity index (χ4n) is 4.01. The second-order valence-corrected chi connectivity index (χ2v) is 8.11. The molecule has 1 N–H and O–H groups in total. The van der Waals surface area contributed by atoms with Crippen LogP contribution in [0.3, 0.4) is 0 Å². The van der Waals surface area contributed by atoms with E-state index in [9.17, 15) is 9.59 Å². The van der Waals surface area contributed by atoms with Crippen LogP contribution in [0.15, 0.2) is 22.8 Å². The Labute approximate surface area is 160 Å². The quantitative estimate of drug-likeness (QED) is 0.779. The Balaban J connectivity index is 1.20. The SMILES string of the molecule is O=C(NC[C@H]1CN(CC2CCN(CC3CC3)CC2)C(=O)CO1)c1ccco1. The van der Waals surface area contributed by atoms with Gasteiger partial charge < -0.3 is 24.3 Å². The van der Waals surface area contributed by atoms with Gasteiger partial charge in [0.15, 0.2) is 5.76 Å². The van der Waals surface area contributed by atoms with Gasteiger partial charge in [-0.15, -0.1) is 0 Å². The van der Waals surface area contributed by atoms with Crippen LogP contribution in [-0.4, -0.2) is 73.6 Å². The van der Waals surface area contributed by atoms with Gasteiger partial charge in [0.2, 0.25) is 5.91 Å². The lowest BCUT2D eigenvalue weighted by atomic mass is 9.95. The second kappa shape index (κ2) is 8.44. The van der Waals surface area contributed by atoms with Gasteiger partial charge in [0.1, 0.15) is 6.61 Å². The molecule has 7 heteroatoms. The van der Waals surface area contributed by atoms with Gasteiger partial charge in [0.25, 0.3) is 5.91 Å². The van der Waals surface area contributed by atoms with Crippen molar-refractivity contribution >= 4 is 11.8 Å². The van der Waals surface area contributed by atoms with Gasteiger partial charge in [-0.1, -0.05) is 0 Å². The van der Waals surface area contributed by atoms with E-state index in [0.717, 1.165) is 38.4 Å². The Bertz CT molecular complexity index is 636. The topological polar surface area (TPSA) is 75.0 Å². The number of carbonyl (C=O) groups is 2. The summed E-state index contributed by atoms with van der Waals surface area (Å²) >= 11 is 0. The molecule has 1 aromatic heterocycles. The molecule has 1 atom stereocenters. The normalized spacial score (nSPS) is 25.0. The van der Waals surface area contributed by atoms with Crippen LogP contribution in [0, 0.1) is 11.8 Å². The molecule has 3 aliphatic rings. The predicted octanol–water partition coefficient (Wildman–Crippen LogP) is 1.36. The first-order valence-electron chi connectivity index (χ1n) is 10.1. The lowest BCUT2D eigenvalue weighted by Gasteiger charge is -2.38. The van der Waals surface area contributed by atoms with Gasteiger partial charge in [-0.05, 0) is 62.7 Å². The second-order valence-electron chi connectivity index (χ2n) is 8.11. The molecule has 2 amide bonds. The summed E-state index contributed by atoms with van der Waals surface area (Å²) < 4.78 is 10.7. The average molecular weight is 375 g/mol. The molecule has 148 valence electrons. The number of furan rings is 1. The number of morpholine rings is 1. The summed E-state index contributed by atoms with van der Waals surface area (Å²) in [6, 6.07) is 3.31. The monoisotopic (exact) mass is 375 g/mol. The van der Waals surface area contributed by atoms with Gasteiger partial charge in [0, 0.05) is 26.2 Å². The number of amides is 2. The number of hydrogen-bond acceptors (Lipinski definition) is 5. The summed E-state index contributed by atoms with van der Waals surface area (Å²) in [5, 5.41) is 2.82. The first kappa shape index (κ1) is 18.5. The number of piperidine rings is 1.